The summed E-state index contributed by atoms with van der Waals surface area (Å²) in [6, 6.07) is 9.68. The lowest BCUT2D eigenvalue weighted by molar-refractivity contribution is -0.323. The third kappa shape index (κ3) is 3.68. The second-order valence-corrected chi connectivity index (χ2v) is 4.78. The molecule has 2 rings (SSSR count). The van der Waals surface area contributed by atoms with Gasteiger partial charge in [-0.05, 0) is 25.3 Å². The fourth-order valence-corrected chi connectivity index (χ4v) is 2.43. The van der Waals surface area contributed by atoms with Gasteiger partial charge in [-0.15, -0.1) is 0 Å². The monoisotopic (exact) mass is 265 g/mol. The van der Waals surface area contributed by atoms with E-state index >= 15 is 0 Å². The maximum absolute atomic E-state index is 11.5. The summed E-state index contributed by atoms with van der Waals surface area (Å²) in [4.78, 5) is 22.7. The van der Waals surface area contributed by atoms with Crippen molar-refractivity contribution < 1.29 is 19.7 Å². The maximum Gasteiger partial charge on any atom is 0.407 e. The fraction of sp³-hybridized carbons (Fsp3) is 0.500. The van der Waals surface area contributed by atoms with Gasteiger partial charge in [-0.25, -0.2) is 14.6 Å². The summed E-state index contributed by atoms with van der Waals surface area (Å²) in [5.74, 6) is 0. The number of rotatable bonds is 4. The van der Waals surface area contributed by atoms with Gasteiger partial charge >= 0.3 is 6.09 Å². The molecule has 0 spiro atoms. The molecule has 1 aromatic carbocycles. The molecular weight excluding hydrogens is 246 g/mol. The van der Waals surface area contributed by atoms with Crippen molar-refractivity contribution in [1.29, 1.82) is 0 Å². The Labute approximate surface area is 112 Å². The Morgan fingerprint density at radius 3 is 2.74 bits per heavy atom. The SMILES string of the molecule is CC(Cc1ccccc1)N(C(=O)O)C1CCOOC1. The topological polar surface area (TPSA) is 59.0 Å². The van der Waals surface area contributed by atoms with Gasteiger partial charge in [0.1, 0.15) is 6.61 Å². The minimum absolute atomic E-state index is 0.0911. The molecule has 0 aromatic heterocycles. The zero-order chi connectivity index (χ0) is 13.7. The zero-order valence-electron chi connectivity index (χ0n) is 11.0. The van der Waals surface area contributed by atoms with Crippen molar-refractivity contribution in [2.45, 2.75) is 31.8 Å². The van der Waals surface area contributed by atoms with E-state index in [1.54, 1.807) is 0 Å². The van der Waals surface area contributed by atoms with Crippen molar-refractivity contribution in [2.75, 3.05) is 13.2 Å². The van der Waals surface area contributed by atoms with Crippen LogP contribution in [0.4, 0.5) is 4.79 Å². The van der Waals surface area contributed by atoms with E-state index in [1.807, 2.05) is 37.3 Å². The normalized spacial score (nSPS) is 20.8. The molecule has 1 aliphatic rings. The molecular formula is C14H19NO4. The predicted octanol–water partition coefficient (Wildman–Crippen LogP) is 2.32. The van der Waals surface area contributed by atoms with E-state index in [1.165, 1.54) is 4.90 Å². The largest absolute Gasteiger partial charge is 0.465 e. The summed E-state index contributed by atoms with van der Waals surface area (Å²) < 4.78 is 0. The van der Waals surface area contributed by atoms with Crippen LogP contribution in [0.1, 0.15) is 18.9 Å². The molecule has 1 aromatic rings. The van der Waals surface area contributed by atoms with Crippen molar-refractivity contribution in [3.63, 3.8) is 0 Å². The Morgan fingerprint density at radius 1 is 1.42 bits per heavy atom. The molecule has 5 nitrogen and oxygen atoms in total. The summed E-state index contributed by atoms with van der Waals surface area (Å²) in [5.41, 5.74) is 1.13. The number of hydrogen-bond donors (Lipinski definition) is 1. The lowest BCUT2D eigenvalue weighted by Crippen LogP contribution is -2.50. The highest BCUT2D eigenvalue weighted by molar-refractivity contribution is 5.66. The van der Waals surface area contributed by atoms with Gasteiger partial charge in [-0.1, -0.05) is 30.3 Å². The molecule has 1 fully saturated rings. The summed E-state index contributed by atoms with van der Waals surface area (Å²) >= 11 is 0. The van der Waals surface area contributed by atoms with E-state index in [9.17, 15) is 9.90 Å². The molecule has 0 aliphatic carbocycles. The van der Waals surface area contributed by atoms with E-state index < -0.39 is 6.09 Å². The molecule has 0 radical (unpaired) electrons. The first-order valence-corrected chi connectivity index (χ1v) is 6.48. The minimum atomic E-state index is -0.904. The Balaban J connectivity index is 2.03. The van der Waals surface area contributed by atoms with Crippen LogP contribution in [-0.4, -0.2) is 41.4 Å². The Kier molecular flexibility index (Phi) is 4.76. The number of hydrogen-bond acceptors (Lipinski definition) is 3. The second kappa shape index (κ2) is 6.54. The summed E-state index contributed by atoms with van der Waals surface area (Å²) in [7, 11) is 0. The maximum atomic E-state index is 11.5. The second-order valence-electron chi connectivity index (χ2n) is 4.78. The lowest BCUT2D eigenvalue weighted by atomic mass is 10.0. The lowest BCUT2D eigenvalue weighted by Gasteiger charge is -2.35. The van der Waals surface area contributed by atoms with Crippen LogP contribution >= 0.6 is 0 Å². The van der Waals surface area contributed by atoms with Gasteiger partial charge in [0.05, 0.1) is 12.6 Å². The first-order valence-electron chi connectivity index (χ1n) is 6.48. The highest BCUT2D eigenvalue weighted by Gasteiger charge is 2.30. The molecule has 0 bridgehead atoms. The first-order chi connectivity index (χ1) is 9.18. The van der Waals surface area contributed by atoms with Crippen molar-refractivity contribution >= 4 is 6.09 Å². The summed E-state index contributed by atoms with van der Waals surface area (Å²) in [6.07, 6.45) is 0.467. The van der Waals surface area contributed by atoms with Gasteiger partial charge in [0.15, 0.2) is 0 Å². The molecule has 104 valence electrons. The van der Waals surface area contributed by atoms with Crippen LogP contribution in [0.5, 0.6) is 0 Å². The smallest absolute Gasteiger partial charge is 0.407 e. The summed E-state index contributed by atoms with van der Waals surface area (Å²) in [6.45, 7) is 2.66. The van der Waals surface area contributed by atoms with Crippen molar-refractivity contribution in [1.82, 2.24) is 4.90 Å². The van der Waals surface area contributed by atoms with Gasteiger partial charge in [0.2, 0.25) is 0 Å². The number of benzene rings is 1. The Hall–Kier alpha value is -1.59. The highest BCUT2D eigenvalue weighted by atomic mass is 17.2. The van der Waals surface area contributed by atoms with Gasteiger partial charge in [-0.2, -0.15) is 0 Å². The standard InChI is InChI=1S/C14H19NO4/c1-11(9-12-5-3-2-4-6-12)15(14(16)17)13-7-8-18-19-10-13/h2-6,11,13H,7-10H2,1H3,(H,16,17). The van der Waals surface area contributed by atoms with Gasteiger partial charge < -0.3 is 5.11 Å². The number of nitrogens with zero attached hydrogens (tertiary/aromatic N) is 1. The minimum Gasteiger partial charge on any atom is -0.465 e. The van der Waals surface area contributed by atoms with Crippen LogP contribution < -0.4 is 0 Å². The predicted molar refractivity (Wildman–Crippen MR) is 69.8 cm³/mol. The van der Waals surface area contributed by atoms with Crippen molar-refractivity contribution in [3.8, 4) is 0 Å². The molecule has 19 heavy (non-hydrogen) atoms. The van der Waals surface area contributed by atoms with Gasteiger partial charge in [-0.3, -0.25) is 4.90 Å². The van der Waals surface area contributed by atoms with Crippen molar-refractivity contribution in [2.24, 2.45) is 0 Å². The van der Waals surface area contributed by atoms with Crippen LogP contribution in [0, 0.1) is 0 Å². The van der Waals surface area contributed by atoms with Crippen molar-refractivity contribution in [3.05, 3.63) is 35.9 Å². The van der Waals surface area contributed by atoms with Crippen LogP contribution in [0.15, 0.2) is 30.3 Å². The van der Waals surface area contributed by atoms with Gasteiger partial charge in [0, 0.05) is 6.04 Å². The van der Waals surface area contributed by atoms with E-state index in [-0.39, 0.29) is 12.1 Å². The molecule has 1 heterocycles. The quantitative estimate of drug-likeness (QED) is 0.849. The number of carbonyl (C=O) groups is 1. The number of carboxylic acid groups (broad SMARTS) is 1. The molecule has 1 saturated heterocycles. The zero-order valence-corrected chi connectivity index (χ0v) is 11.0. The van der Waals surface area contributed by atoms with E-state index in [2.05, 4.69) is 0 Å². The average molecular weight is 265 g/mol. The van der Waals surface area contributed by atoms with Crippen LogP contribution in [0.2, 0.25) is 0 Å². The fourth-order valence-electron chi connectivity index (χ4n) is 2.43. The summed E-state index contributed by atoms with van der Waals surface area (Å²) in [5, 5.41) is 9.40. The molecule has 0 saturated carbocycles. The first kappa shape index (κ1) is 13.8. The van der Waals surface area contributed by atoms with E-state index in [0.717, 1.165) is 5.56 Å². The molecule has 1 aliphatic heterocycles. The van der Waals surface area contributed by atoms with Crippen LogP contribution in [0.3, 0.4) is 0 Å². The third-order valence-corrected chi connectivity index (χ3v) is 3.34. The highest BCUT2D eigenvalue weighted by Crippen LogP contribution is 2.17. The Bertz CT molecular complexity index is 403. The number of amides is 1. The Morgan fingerprint density at radius 2 is 2.16 bits per heavy atom. The van der Waals surface area contributed by atoms with Crippen LogP contribution in [-0.2, 0) is 16.2 Å². The van der Waals surface area contributed by atoms with Crippen LogP contribution in [0.25, 0.3) is 0 Å². The molecule has 2 atom stereocenters. The van der Waals surface area contributed by atoms with E-state index in [0.29, 0.717) is 26.1 Å². The average Bonchev–Trinajstić information content (AvgIpc) is 2.40. The molecule has 5 heteroatoms. The molecule has 2 unspecified atom stereocenters. The van der Waals surface area contributed by atoms with Gasteiger partial charge in [0.25, 0.3) is 0 Å². The van der Waals surface area contributed by atoms with E-state index in [4.69, 9.17) is 9.78 Å². The molecule has 1 amide bonds. The third-order valence-electron chi connectivity index (χ3n) is 3.34. The molecule has 1 N–H and O–H groups in total.